The molecule has 2 aromatic carbocycles. The van der Waals surface area contributed by atoms with Gasteiger partial charge in [0.2, 0.25) is 6.29 Å². The summed E-state index contributed by atoms with van der Waals surface area (Å²) in [5.41, 5.74) is 2.39. The Hall–Kier alpha value is -2.75. The van der Waals surface area contributed by atoms with Gasteiger partial charge in [0.1, 0.15) is 18.0 Å². The molecule has 0 aliphatic carbocycles. The van der Waals surface area contributed by atoms with Crippen molar-refractivity contribution >= 4 is 10.8 Å². The summed E-state index contributed by atoms with van der Waals surface area (Å²) in [6.45, 7) is 0.900. The van der Waals surface area contributed by atoms with Crippen molar-refractivity contribution in [2.24, 2.45) is 5.92 Å². The number of fused-ring (bicyclic) bond motifs is 1. The van der Waals surface area contributed by atoms with Gasteiger partial charge >= 0.3 is 0 Å². The van der Waals surface area contributed by atoms with Gasteiger partial charge in [-0.2, -0.15) is 0 Å². The molecular formula is C23H25NO7. The van der Waals surface area contributed by atoms with E-state index in [9.17, 15) is 25.2 Å². The molecule has 1 aromatic heterocycles. The molecule has 0 bridgehead atoms. The highest BCUT2D eigenvalue weighted by molar-refractivity contribution is 5.86. The lowest BCUT2D eigenvalue weighted by Crippen LogP contribution is -2.58. The summed E-state index contributed by atoms with van der Waals surface area (Å²) in [7, 11) is 0. The van der Waals surface area contributed by atoms with Crippen molar-refractivity contribution in [1.82, 2.24) is 4.98 Å². The zero-order chi connectivity index (χ0) is 22.1. The van der Waals surface area contributed by atoms with Crippen LogP contribution in [0.25, 0.3) is 21.9 Å². The quantitative estimate of drug-likeness (QED) is 0.409. The molecule has 2 heterocycles. The molecule has 0 spiro atoms. The fraction of sp³-hybridized carbons (Fsp3) is 0.348. The van der Waals surface area contributed by atoms with E-state index in [1.54, 1.807) is 12.3 Å². The predicted molar refractivity (Wildman–Crippen MR) is 114 cm³/mol. The topological polar surface area (TPSA) is 132 Å². The van der Waals surface area contributed by atoms with Gasteiger partial charge in [0, 0.05) is 11.6 Å². The Morgan fingerprint density at radius 3 is 2.45 bits per heavy atom. The molecule has 0 radical (unpaired) electrons. The molecule has 8 nitrogen and oxygen atoms in total. The minimum atomic E-state index is -1.32. The SMILES string of the molecule is Cc1cc(-c2ccc3cc[nH]c(=O)c3c2)ccc1OC1OC(CO)C(O)C(O)C1CO. The van der Waals surface area contributed by atoms with E-state index in [0.29, 0.717) is 11.1 Å². The van der Waals surface area contributed by atoms with Crippen LogP contribution in [-0.4, -0.2) is 63.2 Å². The van der Waals surface area contributed by atoms with Gasteiger partial charge in [-0.15, -0.1) is 0 Å². The normalized spacial score (nSPS) is 26.2. The Morgan fingerprint density at radius 2 is 1.74 bits per heavy atom. The summed E-state index contributed by atoms with van der Waals surface area (Å²) in [4.78, 5) is 14.8. The third-order valence-electron chi connectivity index (χ3n) is 5.75. The highest BCUT2D eigenvalue weighted by Crippen LogP contribution is 2.32. The van der Waals surface area contributed by atoms with Crippen molar-refractivity contribution < 1.29 is 29.9 Å². The summed E-state index contributed by atoms with van der Waals surface area (Å²) in [6, 6.07) is 13.0. The van der Waals surface area contributed by atoms with E-state index in [-0.39, 0.29) is 5.56 Å². The van der Waals surface area contributed by atoms with Crippen molar-refractivity contribution in [3.05, 3.63) is 64.6 Å². The molecule has 1 saturated heterocycles. The van der Waals surface area contributed by atoms with Crippen LogP contribution in [0.5, 0.6) is 5.75 Å². The lowest BCUT2D eigenvalue weighted by atomic mass is 9.91. The van der Waals surface area contributed by atoms with Gasteiger partial charge in [-0.25, -0.2) is 0 Å². The molecule has 1 aliphatic heterocycles. The largest absolute Gasteiger partial charge is 0.464 e. The number of hydrogen-bond donors (Lipinski definition) is 5. The van der Waals surface area contributed by atoms with Gasteiger partial charge in [0.15, 0.2) is 0 Å². The van der Waals surface area contributed by atoms with E-state index in [1.165, 1.54) is 0 Å². The highest BCUT2D eigenvalue weighted by Gasteiger charge is 2.45. The molecule has 3 aromatic rings. The van der Waals surface area contributed by atoms with Crippen LogP contribution in [-0.2, 0) is 4.74 Å². The number of aryl methyl sites for hydroxylation is 1. The number of aromatic amines is 1. The third kappa shape index (κ3) is 4.08. The Balaban J connectivity index is 1.60. The van der Waals surface area contributed by atoms with Crippen LogP contribution in [0.4, 0.5) is 0 Å². The molecule has 1 aliphatic rings. The number of benzene rings is 2. The molecule has 4 rings (SSSR count). The number of H-pyrrole nitrogens is 1. The number of pyridine rings is 1. The van der Waals surface area contributed by atoms with Crippen LogP contribution in [0, 0.1) is 12.8 Å². The predicted octanol–water partition coefficient (Wildman–Crippen LogP) is 0.930. The maximum absolute atomic E-state index is 12.1. The number of hydrogen-bond acceptors (Lipinski definition) is 7. The highest BCUT2D eigenvalue weighted by atomic mass is 16.7. The van der Waals surface area contributed by atoms with Crippen molar-refractivity contribution in [1.29, 1.82) is 0 Å². The first-order valence-corrected chi connectivity index (χ1v) is 10.1. The average molecular weight is 427 g/mol. The van der Waals surface area contributed by atoms with E-state index in [2.05, 4.69) is 4.98 Å². The maximum atomic E-state index is 12.1. The lowest BCUT2D eigenvalue weighted by molar-refractivity contribution is -0.265. The standard InChI is InChI=1S/C23H25NO7/c1-12-8-14(15-3-2-13-6-7-24-22(29)16(13)9-15)4-5-18(12)30-23-17(10-25)20(27)21(28)19(11-26)31-23/h2-9,17,19-21,23,25-28H,10-11H2,1H3,(H,24,29). The Kier molecular flexibility index (Phi) is 6.08. The first-order valence-electron chi connectivity index (χ1n) is 10.1. The summed E-state index contributed by atoms with van der Waals surface area (Å²) in [5.74, 6) is -0.393. The molecule has 5 atom stereocenters. The van der Waals surface area contributed by atoms with E-state index < -0.39 is 43.7 Å². The Morgan fingerprint density at radius 1 is 1.00 bits per heavy atom. The van der Waals surface area contributed by atoms with Gasteiger partial charge < -0.3 is 34.9 Å². The van der Waals surface area contributed by atoms with Gasteiger partial charge in [-0.1, -0.05) is 18.2 Å². The second kappa shape index (κ2) is 8.78. The number of ether oxygens (including phenoxy) is 2. The summed E-state index contributed by atoms with van der Waals surface area (Å²) < 4.78 is 11.5. The molecule has 31 heavy (non-hydrogen) atoms. The Bertz CT molecular complexity index is 1130. The maximum Gasteiger partial charge on any atom is 0.255 e. The summed E-state index contributed by atoms with van der Waals surface area (Å²) in [5, 5.41) is 40.7. The molecule has 8 heteroatoms. The summed E-state index contributed by atoms with van der Waals surface area (Å²) in [6.07, 6.45) is -3.05. The number of aliphatic hydroxyl groups is 4. The third-order valence-corrected chi connectivity index (χ3v) is 5.75. The van der Waals surface area contributed by atoms with Crippen molar-refractivity contribution in [3.63, 3.8) is 0 Å². The van der Waals surface area contributed by atoms with Crippen LogP contribution in [0.3, 0.4) is 0 Å². The number of aromatic nitrogens is 1. The fourth-order valence-electron chi connectivity index (χ4n) is 3.90. The Labute approximate surface area is 178 Å². The monoisotopic (exact) mass is 427 g/mol. The van der Waals surface area contributed by atoms with Gasteiger partial charge in [-0.3, -0.25) is 4.79 Å². The van der Waals surface area contributed by atoms with Crippen molar-refractivity contribution in [2.75, 3.05) is 13.2 Å². The smallest absolute Gasteiger partial charge is 0.255 e. The van der Waals surface area contributed by atoms with E-state index in [0.717, 1.165) is 22.1 Å². The number of aliphatic hydroxyl groups excluding tert-OH is 4. The number of nitrogens with one attached hydrogen (secondary N) is 1. The van der Waals surface area contributed by atoms with E-state index in [4.69, 9.17) is 9.47 Å². The van der Waals surface area contributed by atoms with Crippen LogP contribution >= 0.6 is 0 Å². The lowest BCUT2D eigenvalue weighted by Gasteiger charge is -2.41. The second-order valence-electron chi connectivity index (χ2n) is 7.76. The van der Waals surface area contributed by atoms with Crippen LogP contribution in [0.1, 0.15) is 5.56 Å². The fourth-order valence-corrected chi connectivity index (χ4v) is 3.90. The second-order valence-corrected chi connectivity index (χ2v) is 7.76. The molecular weight excluding hydrogens is 402 g/mol. The minimum Gasteiger partial charge on any atom is -0.464 e. The molecule has 5 unspecified atom stereocenters. The molecule has 1 fully saturated rings. The zero-order valence-electron chi connectivity index (χ0n) is 16.9. The van der Waals surface area contributed by atoms with Crippen LogP contribution in [0.15, 0.2) is 53.5 Å². The van der Waals surface area contributed by atoms with Crippen molar-refractivity contribution in [2.45, 2.75) is 31.5 Å². The average Bonchev–Trinajstić information content (AvgIpc) is 2.77. The molecule has 5 N–H and O–H groups in total. The number of rotatable bonds is 5. The zero-order valence-corrected chi connectivity index (χ0v) is 16.9. The van der Waals surface area contributed by atoms with Gasteiger partial charge in [0.25, 0.3) is 5.56 Å². The molecule has 164 valence electrons. The molecule has 0 saturated carbocycles. The minimum absolute atomic E-state index is 0.153. The van der Waals surface area contributed by atoms with Crippen LogP contribution < -0.4 is 10.3 Å². The van der Waals surface area contributed by atoms with Gasteiger partial charge in [0.05, 0.1) is 25.2 Å². The van der Waals surface area contributed by atoms with E-state index >= 15 is 0 Å². The van der Waals surface area contributed by atoms with Crippen LogP contribution in [0.2, 0.25) is 0 Å². The first kappa shape index (κ1) is 21.5. The van der Waals surface area contributed by atoms with Crippen molar-refractivity contribution in [3.8, 4) is 16.9 Å². The van der Waals surface area contributed by atoms with Gasteiger partial charge in [-0.05, 0) is 53.3 Å². The van der Waals surface area contributed by atoms with E-state index in [1.807, 2.05) is 43.3 Å². The first-order chi connectivity index (χ1) is 14.9. The molecule has 0 amide bonds. The summed E-state index contributed by atoms with van der Waals surface area (Å²) >= 11 is 0.